The van der Waals surface area contributed by atoms with E-state index in [0.29, 0.717) is 43.2 Å². The second kappa shape index (κ2) is 8.17. The highest BCUT2D eigenvalue weighted by atomic mass is 16.5. The van der Waals surface area contributed by atoms with Crippen molar-refractivity contribution in [3.63, 3.8) is 0 Å². The number of H-pyrrole nitrogens is 1. The Morgan fingerprint density at radius 3 is 2.97 bits per heavy atom. The van der Waals surface area contributed by atoms with Crippen LogP contribution in [0.15, 0.2) is 18.2 Å². The van der Waals surface area contributed by atoms with E-state index in [1.807, 2.05) is 32.0 Å². The predicted octanol–water partition coefficient (Wildman–Crippen LogP) is 1.17. The SMILES string of the molecule is CCCNC(=O)c1n[nH]c2c1CCN(C(=O)CN1C(=O)COc3ccc(C)cc31)C2. The van der Waals surface area contributed by atoms with Gasteiger partial charge in [-0.25, -0.2) is 0 Å². The molecule has 1 aromatic carbocycles. The van der Waals surface area contributed by atoms with Crippen LogP contribution in [-0.4, -0.2) is 59.1 Å². The van der Waals surface area contributed by atoms with E-state index in [2.05, 4.69) is 15.5 Å². The van der Waals surface area contributed by atoms with Crippen molar-refractivity contribution in [2.45, 2.75) is 33.2 Å². The summed E-state index contributed by atoms with van der Waals surface area (Å²) >= 11 is 0. The molecule has 0 spiro atoms. The summed E-state index contributed by atoms with van der Waals surface area (Å²) in [5.74, 6) is 0.00996. The summed E-state index contributed by atoms with van der Waals surface area (Å²) < 4.78 is 5.48. The van der Waals surface area contributed by atoms with Crippen molar-refractivity contribution in [3.8, 4) is 5.75 Å². The van der Waals surface area contributed by atoms with Crippen molar-refractivity contribution < 1.29 is 19.1 Å². The second-order valence-electron chi connectivity index (χ2n) is 7.59. The Balaban J connectivity index is 1.47. The van der Waals surface area contributed by atoms with Crippen molar-refractivity contribution in [2.24, 2.45) is 0 Å². The van der Waals surface area contributed by atoms with Gasteiger partial charge in [-0.1, -0.05) is 13.0 Å². The zero-order chi connectivity index (χ0) is 21.3. The predicted molar refractivity (Wildman–Crippen MR) is 109 cm³/mol. The van der Waals surface area contributed by atoms with Gasteiger partial charge in [-0.2, -0.15) is 5.10 Å². The van der Waals surface area contributed by atoms with Gasteiger partial charge in [0.25, 0.3) is 11.8 Å². The normalized spacial score (nSPS) is 15.3. The molecule has 0 saturated carbocycles. The first kappa shape index (κ1) is 19.9. The fourth-order valence-corrected chi connectivity index (χ4v) is 3.76. The summed E-state index contributed by atoms with van der Waals surface area (Å²) in [6, 6.07) is 5.58. The zero-order valence-corrected chi connectivity index (χ0v) is 17.2. The third-order valence-corrected chi connectivity index (χ3v) is 5.39. The van der Waals surface area contributed by atoms with Crippen LogP contribution in [0.5, 0.6) is 5.75 Å². The number of carbonyl (C=O) groups is 3. The van der Waals surface area contributed by atoms with Crippen LogP contribution in [0.2, 0.25) is 0 Å². The van der Waals surface area contributed by atoms with Crippen LogP contribution in [-0.2, 0) is 22.6 Å². The molecule has 0 aliphatic carbocycles. The Morgan fingerprint density at radius 1 is 1.33 bits per heavy atom. The molecule has 0 fully saturated rings. The van der Waals surface area contributed by atoms with E-state index in [9.17, 15) is 14.4 Å². The van der Waals surface area contributed by atoms with Crippen LogP contribution in [0.3, 0.4) is 0 Å². The standard InChI is InChI=1S/C21H25N5O4/c1-3-7-22-21(29)20-14-6-8-25(10-15(14)23-24-20)18(27)11-26-16-9-13(2)4-5-17(16)30-12-19(26)28/h4-5,9H,3,6-8,10-12H2,1-2H3,(H,22,29)(H,23,24). The average Bonchev–Trinajstić information content (AvgIpc) is 3.17. The molecule has 158 valence electrons. The summed E-state index contributed by atoms with van der Waals surface area (Å²) in [5, 5.41) is 9.89. The number of ether oxygens (including phenoxy) is 1. The molecule has 0 atom stereocenters. The molecule has 2 aliphatic heterocycles. The molecule has 3 heterocycles. The molecular weight excluding hydrogens is 386 g/mol. The van der Waals surface area contributed by atoms with Crippen LogP contribution in [0.4, 0.5) is 5.69 Å². The van der Waals surface area contributed by atoms with Gasteiger partial charge in [0.15, 0.2) is 12.3 Å². The number of benzene rings is 1. The topological polar surface area (TPSA) is 108 Å². The first-order valence-corrected chi connectivity index (χ1v) is 10.1. The number of rotatable bonds is 5. The van der Waals surface area contributed by atoms with Gasteiger partial charge in [-0.3, -0.25) is 24.4 Å². The van der Waals surface area contributed by atoms with Crippen LogP contribution in [0.1, 0.15) is 40.7 Å². The third kappa shape index (κ3) is 3.74. The molecule has 0 radical (unpaired) electrons. The smallest absolute Gasteiger partial charge is 0.272 e. The molecular formula is C21H25N5O4. The summed E-state index contributed by atoms with van der Waals surface area (Å²) in [7, 11) is 0. The molecule has 2 aliphatic rings. The summed E-state index contributed by atoms with van der Waals surface area (Å²) in [5.41, 5.74) is 3.63. The first-order chi connectivity index (χ1) is 14.5. The quantitative estimate of drug-likeness (QED) is 0.768. The fraction of sp³-hybridized carbons (Fsp3) is 0.429. The van der Waals surface area contributed by atoms with Gasteiger partial charge >= 0.3 is 0 Å². The minimum atomic E-state index is -0.240. The van der Waals surface area contributed by atoms with Crippen molar-refractivity contribution in [1.29, 1.82) is 0 Å². The van der Waals surface area contributed by atoms with Gasteiger partial charge in [0.2, 0.25) is 5.91 Å². The number of nitrogens with one attached hydrogen (secondary N) is 2. The summed E-state index contributed by atoms with van der Waals surface area (Å²) in [6.07, 6.45) is 1.39. The number of hydrogen-bond donors (Lipinski definition) is 2. The Kier molecular flexibility index (Phi) is 5.43. The van der Waals surface area contributed by atoms with Gasteiger partial charge < -0.3 is 15.0 Å². The van der Waals surface area contributed by atoms with Gasteiger partial charge in [0.05, 0.1) is 17.9 Å². The maximum absolute atomic E-state index is 13.0. The minimum Gasteiger partial charge on any atom is -0.482 e. The second-order valence-corrected chi connectivity index (χ2v) is 7.59. The zero-order valence-electron chi connectivity index (χ0n) is 17.2. The molecule has 30 heavy (non-hydrogen) atoms. The molecule has 0 bridgehead atoms. The van der Waals surface area contributed by atoms with Crippen LogP contribution in [0.25, 0.3) is 0 Å². The number of carbonyl (C=O) groups excluding carboxylic acids is 3. The average molecular weight is 411 g/mol. The van der Waals surface area contributed by atoms with Crippen molar-refractivity contribution in [1.82, 2.24) is 20.4 Å². The highest BCUT2D eigenvalue weighted by molar-refractivity contribution is 6.02. The van der Waals surface area contributed by atoms with Gasteiger partial charge in [0, 0.05) is 18.7 Å². The van der Waals surface area contributed by atoms with Crippen molar-refractivity contribution >= 4 is 23.4 Å². The van der Waals surface area contributed by atoms with E-state index in [-0.39, 0.29) is 30.9 Å². The van der Waals surface area contributed by atoms with Crippen molar-refractivity contribution in [3.05, 3.63) is 40.7 Å². The fourth-order valence-electron chi connectivity index (χ4n) is 3.76. The third-order valence-electron chi connectivity index (χ3n) is 5.39. The van der Waals surface area contributed by atoms with E-state index in [0.717, 1.165) is 23.2 Å². The number of amides is 3. The minimum absolute atomic E-state index is 0.0496. The summed E-state index contributed by atoms with van der Waals surface area (Å²) in [6.45, 7) is 5.19. The molecule has 3 amide bonds. The lowest BCUT2D eigenvalue weighted by atomic mass is 10.0. The molecule has 2 aromatic rings. The Hall–Kier alpha value is -3.36. The van der Waals surface area contributed by atoms with E-state index in [4.69, 9.17) is 4.74 Å². The first-order valence-electron chi connectivity index (χ1n) is 10.1. The molecule has 0 saturated heterocycles. The highest BCUT2D eigenvalue weighted by Crippen LogP contribution is 2.33. The lowest BCUT2D eigenvalue weighted by Gasteiger charge is -2.32. The van der Waals surface area contributed by atoms with Gasteiger partial charge in [-0.05, 0) is 37.5 Å². The molecule has 4 rings (SSSR count). The Bertz CT molecular complexity index is 999. The number of nitrogens with zero attached hydrogens (tertiary/aromatic N) is 3. The Labute approximate surface area is 174 Å². The number of hydrogen-bond acceptors (Lipinski definition) is 5. The maximum Gasteiger partial charge on any atom is 0.272 e. The molecule has 2 N–H and O–H groups in total. The number of fused-ring (bicyclic) bond motifs is 2. The maximum atomic E-state index is 13.0. The lowest BCUT2D eigenvalue weighted by molar-refractivity contribution is -0.132. The van der Waals surface area contributed by atoms with Crippen LogP contribution in [0, 0.1) is 6.92 Å². The molecule has 1 aromatic heterocycles. The number of aromatic amines is 1. The van der Waals surface area contributed by atoms with Crippen molar-refractivity contribution in [2.75, 3.05) is 31.1 Å². The molecule has 9 heteroatoms. The number of aryl methyl sites for hydroxylation is 1. The van der Waals surface area contributed by atoms with E-state index in [1.165, 1.54) is 4.90 Å². The van der Waals surface area contributed by atoms with E-state index >= 15 is 0 Å². The number of anilines is 1. The highest BCUT2D eigenvalue weighted by Gasteiger charge is 2.32. The summed E-state index contributed by atoms with van der Waals surface area (Å²) in [4.78, 5) is 40.8. The van der Waals surface area contributed by atoms with Gasteiger partial charge in [0.1, 0.15) is 12.3 Å². The van der Waals surface area contributed by atoms with Crippen LogP contribution < -0.4 is 15.0 Å². The monoisotopic (exact) mass is 411 g/mol. The largest absolute Gasteiger partial charge is 0.482 e. The number of aromatic nitrogens is 2. The van der Waals surface area contributed by atoms with Crippen LogP contribution >= 0.6 is 0 Å². The molecule has 9 nitrogen and oxygen atoms in total. The van der Waals surface area contributed by atoms with E-state index in [1.54, 1.807) is 4.90 Å². The lowest BCUT2D eigenvalue weighted by Crippen LogP contribution is -2.47. The van der Waals surface area contributed by atoms with Gasteiger partial charge in [-0.15, -0.1) is 0 Å². The molecule has 0 unspecified atom stereocenters. The van der Waals surface area contributed by atoms with E-state index < -0.39 is 0 Å². The Morgan fingerprint density at radius 2 is 2.17 bits per heavy atom.